The molecule has 0 spiro atoms. The van der Waals surface area contributed by atoms with E-state index < -0.39 is 0 Å². The van der Waals surface area contributed by atoms with Crippen LogP contribution < -0.4 is 5.32 Å². The van der Waals surface area contributed by atoms with Crippen LogP contribution in [0.5, 0.6) is 0 Å². The third-order valence-corrected chi connectivity index (χ3v) is 4.71. The van der Waals surface area contributed by atoms with E-state index in [9.17, 15) is 0 Å². The Kier molecular flexibility index (Phi) is 4.45. The molecule has 100 valence electrons. The van der Waals surface area contributed by atoms with Gasteiger partial charge in [0.2, 0.25) is 0 Å². The molecule has 18 heavy (non-hydrogen) atoms. The lowest BCUT2D eigenvalue weighted by molar-refractivity contribution is 0.149. The molecule has 1 atom stereocenters. The first kappa shape index (κ1) is 13.6. The van der Waals surface area contributed by atoms with Crippen molar-refractivity contribution in [1.29, 1.82) is 0 Å². The average molecular weight is 245 g/mol. The summed E-state index contributed by atoms with van der Waals surface area (Å²) in [6.45, 7) is 4.66. The van der Waals surface area contributed by atoms with Crippen LogP contribution in [0.3, 0.4) is 0 Å². The molecule has 0 bridgehead atoms. The summed E-state index contributed by atoms with van der Waals surface area (Å²) < 4.78 is 0. The third kappa shape index (κ3) is 3.14. The van der Waals surface area contributed by atoms with Gasteiger partial charge < -0.3 is 5.32 Å². The van der Waals surface area contributed by atoms with Crippen molar-refractivity contribution in [3.63, 3.8) is 0 Å². The summed E-state index contributed by atoms with van der Waals surface area (Å²) >= 11 is 0. The Bertz CT molecular complexity index is 377. The van der Waals surface area contributed by atoms with E-state index in [-0.39, 0.29) is 0 Å². The molecule has 2 rings (SSSR count). The van der Waals surface area contributed by atoms with E-state index in [0.29, 0.717) is 11.5 Å². The Morgan fingerprint density at radius 2 is 1.94 bits per heavy atom. The molecule has 0 amide bonds. The summed E-state index contributed by atoms with van der Waals surface area (Å²) in [4.78, 5) is 0. The zero-order chi connectivity index (χ0) is 13.0. The van der Waals surface area contributed by atoms with Crippen LogP contribution in [0.1, 0.15) is 50.2 Å². The molecule has 0 aliphatic heterocycles. The first-order chi connectivity index (χ1) is 8.64. The summed E-state index contributed by atoms with van der Waals surface area (Å²) in [5, 5.41) is 3.58. The molecule has 1 heteroatoms. The molecule has 1 aliphatic carbocycles. The number of rotatable bonds is 4. The second-order valence-electron chi connectivity index (χ2n) is 6.25. The smallest absolute Gasteiger partial charge is 0.0158 e. The SMILES string of the molecule is CNC(Cc1cccc(C)c1)C1(C)CCCCC1. The van der Waals surface area contributed by atoms with Crippen molar-refractivity contribution in [2.45, 2.75) is 58.4 Å². The Balaban J connectivity index is 2.09. The molecule has 1 saturated carbocycles. The van der Waals surface area contributed by atoms with Crippen molar-refractivity contribution in [1.82, 2.24) is 5.32 Å². The van der Waals surface area contributed by atoms with Crippen LogP contribution in [-0.2, 0) is 6.42 Å². The highest BCUT2D eigenvalue weighted by atomic mass is 14.9. The minimum Gasteiger partial charge on any atom is -0.316 e. The van der Waals surface area contributed by atoms with E-state index in [2.05, 4.69) is 50.5 Å². The van der Waals surface area contributed by atoms with Crippen LogP contribution in [0.15, 0.2) is 24.3 Å². The molecule has 0 aromatic heterocycles. The minimum atomic E-state index is 0.483. The molecule has 1 aliphatic rings. The normalized spacial score (nSPS) is 20.6. The van der Waals surface area contributed by atoms with E-state index in [1.807, 2.05) is 0 Å². The van der Waals surface area contributed by atoms with Gasteiger partial charge in [0.25, 0.3) is 0 Å². The van der Waals surface area contributed by atoms with Gasteiger partial charge in [-0.25, -0.2) is 0 Å². The van der Waals surface area contributed by atoms with Gasteiger partial charge in [-0.3, -0.25) is 0 Å². The molecule has 1 unspecified atom stereocenters. The van der Waals surface area contributed by atoms with E-state index in [1.165, 1.54) is 43.2 Å². The molecule has 0 saturated heterocycles. The maximum atomic E-state index is 3.58. The number of aryl methyl sites for hydroxylation is 1. The van der Waals surface area contributed by atoms with Crippen molar-refractivity contribution in [3.05, 3.63) is 35.4 Å². The molecule has 1 nitrogen and oxygen atoms in total. The lowest BCUT2D eigenvalue weighted by Gasteiger charge is -2.41. The monoisotopic (exact) mass is 245 g/mol. The standard InChI is InChI=1S/C17H27N/c1-14-8-7-9-15(12-14)13-16(18-3)17(2)10-5-4-6-11-17/h7-9,12,16,18H,4-6,10-11,13H2,1-3H3. The summed E-state index contributed by atoms with van der Waals surface area (Å²) in [7, 11) is 2.13. The zero-order valence-corrected chi connectivity index (χ0v) is 12.1. The first-order valence-electron chi connectivity index (χ1n) is 7.37. The third-order valence-electron chi connectivity index (χ3n) is 4.71. The molecule has 1 aromatic carbocycles. The van der Waals surface area contributed by atoms with Gasteiger partial charge in [-0.15, -0.1) is 0 Å². The Hall–Kier alpha value is -0.820. The van der Waals surface area contributed by atoms with Gasteiger partial charge in [0.15, 0.2) is 0 Å². The highest BCUT2D eigenvalue weighted by Gasteiger charge is 2.34. The summed E-state index contributed by atoms with van der Waals surface area (Å²) in [6.07, 6.45) is 8.16. The van der Waals surface area contributed by atoms with Crippen LogP contribution in [-0.4, -0.2) is 13.1 Å². The zero-order valence-electron chi connectivity index (χ0n) is 12.1. The Labute approximate surface area is 112 Å². The van der Waals surface area contributed by atoms with Gasteiger partial charge in [0.1, 0.15) is 0 Å². The van der Waals surface area contributed by atoms with Gasteiger partial charge in [0, 0.05) is 6.04 Å². The quantitative estimate of drug-likeness (QED) is 0.842. The van der Waals surface area contributed by atoms with Gasteiger partial charge in [-0.1, -0.05) is 56.0 Å². The lowest BCUT2D eigenvalue weighted by Crippen LogP contribution is -2.44. The predicted octanol–water partition coefficient (Wildman–Crippen LogP) is 4.10. The maximum absolute atomic E-state index is 3.58. The van der Waals surface area contributed by atoms with Gasteiger partial charge in [-0.2, -0.15) is 0 Å². The fraction of sp³-hybridized carbons (Fsp3) is 0.647. The van der Waals surface area contributed by atoms with Crippen LogP contribution in [0.25, 0.3) is 0 Å². The number of benzene rings is 1. The molecule has 1 fully saturated rings. The van der Waals surface area contributed by atoms with E-state index in [1.54, 1.807) is 0 Å². The minimum absolute atomic E-state index is 0.483. The molecule has 1 aromatic rings. The number of likely N-dealkylation sites (N-methyl/N-ethyl adjacent to an activating group) is 1. The van der Waals surface area contributed by atoms with Gasteiger partial charge >= 0.3 is 0 Å². The lowest BCUT2D eigenvalue weighted by atomic mass is 9.69. The summed E-state index contributed by atoms with van der Waals surface area (Å²) in [5.74, 6) is 0. The van der Waals surface area contributed by atoms with Gasteiger partial charge in [0.05, 0.1) is 0 Å². The summed E-state index contributed by atoms with van der Waals surface area (Å²) in [5.41, 5.74) is 3.33. The van der Waals surface area contributed by atoms with Crippen LogP contribution >= 0.6 is 0 Å². The van der Waals surface area contributed by atoms with Crippen LogP contribution in [0.2, 0.25) is 0 Å². The molecular formula is C17H27N. The van der Waals surface area contributed by atoms with Crippen molar-refractivity contribution in [2.75, 3.05) is 7.05 Å². The highest BCUT2D eigenvalue weighted by molar-refractivity contribution is 5.23. The average Bonchev–Trinajstić information content (AvgIpc) is 2.37. The van der Waals surface area contributed by atoms with E-state index in [4.69, 9.17) is 0 Å². The number of nitrogens with one attached hydrogen (secondary N) is 1. The fourth-order valence-corrected chi connectivity index (χ4v) is 3.48. The van der Waals surface area contributed by atoms with Crippen molar-refractivity contribution in [2.24, 2.45) is 5.41 Å². The number of hydrogen-bond donors (Lipinski definition) is 1. The highest BCUT2D eigenvalue weighted by Crippen LogP contribution is 2.39. The second kappa shape index (κ2) is 5.88. The molecule has 0 radical (unpaired) electrons. The van der Waals surface area contributed by atoms with Crippen molar-refractivity contribution < 1.29 is 0 Å². The molecule has 1 N–H and O–H groups in total. The Morgan fingerprint density at radius 3 is 2.56 bits per heavy atom. The Morgan fingerprint density at radius 1 is 1.22 bits per heavy atom. The first-order valence-corrected chi connectivity index (χ1v) is 7.37. The van der Waals surface area contributed by atoms with Crippen LogP contribution in [0.4, 0.5) is 0 Å². The molecule has 0 heterocycles. The van der Waals surface area contributed by atoms with Crippen molar-refractivity contribution in [3.8, 4) is 0 Å². The van der Waals surface area contributed by atoms with Crippen LogP contribution in [0, 0.1) is 12.3 Å². The van der Waals surface area contributed by atoms with E-state index in [0.717, 1.165) is 6.42 Å². The van der Waals surface area contributed by atoms with Crippen molar-refractivity contribution >= 4 is 0 Å². The maximum Gasteiger partial charge on any atom is 0.0158 e. The van der Waals surface area contributed by atoms with E-state index >= 15 is 0 Å². The van der Waals surface area contributed by atoms with Gasteiger partial charge in [-0.05, 0) is 44.2 Å². The fourth-order valence-electron chi connectivity index (χ4n) is 3.48. The predicted molar refractivity (Wildman–Crippen MR) is 78.9 cm³/mol. The second-order valence-corrected chi connectivity index (χ2v) is 6.25. The largest absolute Gasteiger partial charge is 0.316 e. The summed E-state index contributed by atoms with van der Waals surface area (Å²) in [6, 6.07) is 9.57. The number of hydrogen-bond acceptors (Lipinski definition) is 1. The molecular weight excluding hydrogens is 218 g/mol. The topological polar surface area (TPSA) is 12.0 Å².